The van der Waals surface area contributed by atoms with E-state index in [0.717, 1.165) is 55.3 Å². The minimum atomic E-state index is -0.396. The van der Waals surface area contributed by atoms with Crippen LogP contribution in [-0.4, -0.2) is 52.8 Å². The van der Waals surface area contributed by atoms with Crippen LogP contribution >= 0.6 is 22.9 Å². The summed E-state index contributed by atoms with van der Waals surface area (Å²) in [6.07, 6.45) is 3.16. The Morgan fingerprint density at radius 2 is 2.11 bits per heavy atom. The number of likely N-dealkylation sites (tertiary alicyclic amines) is 1. The molecule has 5 heterocycles. The van der Waals surface area contributed by atoms with Crippen molar-refractivity contribution in [2.75, 3.05) is 33.4 Å². The molecule has 1 aromatic carbocycles. The van der Waals surface area contributed by atoms with Crippen molar-refractivity contribution in [3.8, 4) is 11.5 Å². The van der Waals surface area contributed by atoms with Gasteiger partial charge in [-0.25, -0.2) is 4.79 Å². The summed E-state index contributed by atoms with van der Waals surface area (Å²) in [6, 6.07) is 7.75. The standard InChI is InChI=1S/C25H25ClN4O4S/c1-33-17-5-4-6-18-20(17)16-12-29(11-14(16)13-34-18)7-2-3-8-30-24(31)23-22(28-25(30)32)21-19(35-23)9-15(26)10-27-21/h4-6,9-10,14,16H,2-3,7-8,11-13H2,1H3,(H,28,32)/t14-,16-/m1/s1. The maximum atomic E-state index is 13.1. The lowest BCUT2D eigenvalue weighted by molar-refractivity contribution is 0.209. The van der Waals surface area contributed by atoms with Crippen LogP contribution in [0.15, 0.2) is 40.1 Å². The molecule has 1 saturated heterocycles. The molecule has 0 bridgehead atoms. The van der Waals surface area contributed by atoms with Gasteiger partial charge in [0.1, 0.15) is 21.7 Å². The number of H-pyrrole nitrogens is 1. The SMILES string of the molecule is COc1cccc2c1[C@@H]1CN(CCCCn3c(=O)[nH]c4c(sc5cc(Cl)cnc54)c3=O)C[C@@H]1CO2. The minimum absolute atomic E-state index is 0.268. The van der Waals surface area contributed by atoms with Gasteiger partial charge in [-0.05, 0) is 37.6 Å². The van der Waals surface area contributed by atoms with E-state index in [2.05, 4.69) is 14.9 Å². The highest BCUT2D eigenvalue weighted by Gasteiger charge is 2.40. The summed E-state index contributed by atoms with van der Waals surface area (Å²) >= 11 is 7.35. The summed E-state index contributed by atoms with van der Waals surface area (Å²) in [7, 11) is 1.71. The smallest absolute Gasteiger partial charge is 0.328 e. The fraction of sp³-hybridized carbons (Fsp3) is 0.400. The molecule has 4 aromatic rings. The number of nitrogens with one attached hydrogen (secondary N) is 1. The number of methoxy groups -OCH3 is 1. The zero-order valence-electron chi connectivity index (χ0n) is 19.3. The van der Waals surface area contributed by atoms with E-state index in [-0.39, 0.29) is 5.56 Å². The Hall–Kier alpha value is -2.88. The number of thiophene rings is 1. The highest BCUT2D eigenvalue weighted by Crippen LogP contribution is 2.46. The van der Waals surface area contributed by atoms with Crippen LogP contribution in [0.2, 0.25) is 5.02 Å². The second kappa shape index (κ2) is 8.96. The molecule has 0 spiro atoms. The van der Waals surface area contributed by atoms with E-state index in [9.17, 15) is 9.59 Å². The number of halogens is 1. The zero-order chi connectivity index (χ0) is 24.1. The highest BCUT2D eigenvalue weighted by molar-refractivity contribution is 7.25. The lowest BCUT2D eigenvalue weighted by Crippen LogP contribution is -2.34. The molecular weight excluding hydrogens is 488 g/mol. The van der Waals surface area contributed by atoms with Crippen molar-refractivity contribution in [2.24, 2.45) is 5.92 Å². The molecule has 3 aromatic heterocycles. The van der Waals surface area contributed by atoms with Crippen molar-refractivity contribution in [1.29, 1.82) is 0 Å². The van der Waals surface area contributed by atoms with Gasteiger partial charge in [-0.15, -0.1) is 11.3 Å². The molecule has 182 valence electrons. The summed E-state index contributed by atoms with van der Waals surface area (Å²) in [4.78, 5) is 35.3. The van der Waals surface area contributed by atoms with Crippen LogP contribution in [0.3, 0.4) is 0 Å². The van der Waals surface area contributed by atoms with Crippen molar-refractivity contribution in [3.05, 3.63) is 61.9 Å². The fourth-order valence-electron chi connectivity index (χ4n) is 5.45. The molecule has 2 aliphatic heterocycles. The van der Waals surface area contributed by atoms with Crippen molar-refractivity contribution in [2.45, 2.75) is 25.3 Å². The summed E-state index contributed by atoms with van der Waals surface area (Å²) in [6.45, 7) is 3.96. The van der Waals surface area contributed by atoms with E-state index in [1.165, 1.54) is 27.7 Å². The molecule has 1 fully saturated rings. The van der Waals surface area contributed by atoms with E-state index >= 15 is 0 Å². The Morgan fingerprint density at radius 1 is 1.26 bits per heavy atom. The molecular formula is C25H25ClN4O4S. The summed E-state index contributed by atoms with van der Waals surface area (Å²) in [5.74, 6) is 2.67. The molecule has 6 rings (SSSR count). The number of rotatable bonds is 6. The maximum absolute atomic E-state index is 13.1. The fourth-order valence-corrected chi connectivity index (χ4v) is 6.78. The normalized spacial score (nSPS) is 19.6. The lowest BCUT2D eigenvalue weighted by Gasteiger charge is -2.29. The lowest BCUT2D eigenvalue weighted by atomic mass is 9.86. The first kappa shape index (κ1) is 22.6. The van der Waals surface area contributed by atoms with Gasteiger partial charge in [-0.1, -0.05) is 17.7 Å². The first-order valence-electron chi connectivity index (χ1n) is 11.8. The molecule has 0 saturated carbocycles. The number of ether oxygens (including phenoxy) is 2. The van der Waals surface area contributed by atoms with E-state index < -0.39 is 5.69 Å². The number of aromatic nitrogens is 3. The van der Waals surface area contributed by atoms with Gasteiger partial charge in [0.15, 0.2) is 0 Å². The number of pyridine rings is 1. The van der Waals surface area contributed by atoms with Gasteiger partial charge in [0.2, 0.25) is 0 Å². The Morgan fingerprint density at radius 3 is 2.97 bits per heavy atom. The van der Waals surface area contributed by atoms with Crippen molar-refractivity contribution in [3.63, 3.8) is 0 Å². The quantitative estimate of drug-likeness (QED) is 0.395. The van der Waals surface area contributed by atoms with Crippen molar-refractivity contribution >= 4 is 43.4 Å². The third kappa shape index (κ3) is 3.91. The van der Waals surface area contributed by atoms with E-state index in [4.69, 9.17) is 21.1 Å². The summed E-state index contributed by atoms with van der Waals surface area (Å²) in [5.41, 5.74) is 1.61. The molecule has 2 aliphatic rings. The van der Waals surface area contributed by atoms with Gasteiger partial charge in [0.05, 0.1) is 29.0 Å². The number of benzene rings is 1. The Balaban J connectivity index is 1.13. The predicted octanol–water partition coefficient (Wildman–Crippen LogP) is 3.85. The summed E-state index contributed by atoms with van der Waals surface area (Å²) < 4.78 is 14.2. The van der Waals surface area contributed by atoms with Gasteiger partial charge in [-0.2, -0.15) is 0 Å². The predicted molar refractivity (Wildman–Crippen MR) is 137 cm³/mol. The highest BCUT2D eigenvalue weighted by atomic mass is 35.5. The number of hydrogen-bond donors (Lipinski definition) is 1. The third-order valence-corrected chi connectivity index (χ3v) is 8.42. The van der Waals surface area contributed by atoms with Crippen LogP contribution in [0.1, 0.15) is 24.3 Å². The molecule has 35 heavy (non-hydrogen) atoms. The topological polar surface area (TPSA) is 89.5 Å². The van der Waals surface area contributed by atoms with E-state index in [0.29, 0.717) is 39.1 Å². The first-order valence-corrected chi connectivity index (χ1v) is 13.0. The van der Waals surface area contributed by atoms with Crippen LogP contribution in [0.5, 0.6) is 11.5 Å². The second-order valence-corrected chi connectivity index (χ2v) is 10.7. The number of nitrogens with zero attached hydrogens (tertiary/aromatic N) is 3. The van der Waals surface area contributed by atoms with E-state index in [1.807, 2.05) is 18.2 Å². The van der Waals surface area contributed by atoms with Crippen LogP contribution < -0.4 is 20.7 Å². The largest absolute Gasteiger partial charge is 0.496 e. The van der Waals surface area contributed by atoms with Gasteiger partial charge in [-0.3, -0.25) is 14.3 Å². The number of hydrogen-bond acceptors (Lipinski definition) is 7. The van der Waals surface area contributed by atoms with Crippen LogP contribution in [0.4, 0.5) is 0 Å². The maximum Gasteiger partial charge on any atom is 0.328 e. The van der Waals surface area contributed by atoms with Crippen molar-refractivity contribution in [1.82, 2.24) is 19.4 Å². The average molecular weight is 513 g/mol. The van der Waals surface area contributed by atoms with Gasteiger partial charge >= 0.3 is 5.69 Å². The second-order valence-electron chi connectivity index (χ2n) is 9.21. The third-order valence-electron chi connectivity index (χ3n) is 7.10. The van der Waals surface area contributed by atoms with Crippen LogP contribution in [-0.2, 0) is 6.54 Å². The van der Waals surface area contributed by atoms with Crippen molar-refractivity contribution < 1.29 is 9.47 Å². The minimum Gasteiger partial charge on any atom is -0.496 e. The first-order chi connectivity index (χ1) is 17.0. The number of aromatic amines is 1. The Bertz CT molecular complexity index is 1530. The molecule has 0 unspecified atom stereocenters. The molecule has 8 nitrogen and oxygen atoms in total. The monoisotopic (exact) mass is 512 g/mol. The Labute approximate surface area is 210 Å². The molecule has 0 aliphatic carbocycles. The van der Waals surface area contributed by atoms with E-state index in [1.54, 1.807) is 13.2 Å². The molecule has 0 radical (unpaired) electrons. The Kier molecular flexibility index (Phi) is 5.78. The molecule has 0 amide bonds. The van der Waals surface area contributed by atoms with Gasteiger partial charge in [0.25, 0.3) is 5.56 Å². The number of fused-ring (bicyclic) bond motifs is 6. The van der Waals surface area contributed by atoms with Gasteiger partial charge < -0.3 is 19.4 Å². The molecule has 2 atom stereocenters. The average Bonchev–Trinajstić information content (AvgIpc) is 3.43. The van der Waals surface area contributed by atoms with Gasteiger partial charge in [0, 0.05) is 43.2 Å². The van der Waals surface area contributed by atoms with Crippen LogP contribution in [0, 0.1) is 5.92 Å². The zero-order valence-corrected chi connectivity index (χ0v) is 20.8. The summed E-state index contributed by atoms with van der Waals surface area (Å²) in [5, 5.41) is 0.502. The van der Waals surface area contributed by atoms with Crippen LogP contribution in [0.25, 0.3) is 20.4 Å². The molecule has 1 N–H and O–H groups in total. The molecule has 10 heteroatoms. The number of unbranched alkanes of at least 4 members (excludes halogenated alkanes) is 1.